The summed E-state index contributed by atoms with van der Waals surface area (Å²) in [7, 11) is 0. The number of carbonyl (C=O) groups excluding carboxylic acids is 1. The Morgan fingerprint density at radius 1 is 1.08 bits per heavy atom. The molecule has 3 rings (SSSR count). The Bertz CT molecular complexity index is 561. The van der Waals surface area contributed by atoms with Gasteiger partial charge in [0, 0.05) is 25.0 Å². The van der Waals surface area contributed by atoms with E-state index in [1.54, 1.807) is 0 Å². The molecule has 1 N–H and O–H groups in total. The van der Waals surface area contributed by atoms with Gasteiger partial charge in [-0.3, -0.25) is 0 Å². The molecule has 0 bridgehead atoms. The molecule has 1 amide bonds. The van der Waals surface area contributed by atoms with Crippen LogP contribution in [0.1, 0.15) is 64.4 Å². The lowest BCUT2D eigenvalue weighted by Gasteiger charge is -2.41. The molecule has 0 unspecified atom stereocenters. The molecule has 4 heteroatoms. The highest BCUT2D eigenvalue weighted by Crippen LogP contribution is 2.33. The van der Waals surface area contributed by atoms with Crippen molar-refractivity contribution in [1.29, 1.82) is 0 Å². The molecule has 1 saturated carbocycles. The molecule has 2 aliphatic rings. The molecule has 138 valence electrons. The van der Waals surface area contributed by atoms with Crippen molar-refractivity contribution in [1.82, 2.24) is 10.2 Å². The molecule has 0 aromatic heterocycles. The van der Waals surface area contributed by atoms with Crippen LogP contribution in [0.3, 0.4) is 0 Å². The highest BCUT2D eigenvalue weighted by molar-refractivity contribution is 5.69. The first-order chi connectivity index (χ1) is 12.0. The second kappa shape index (κ2) is 7.77. The Hall–Kier alpha value is -1.55. The van der Waals surface area contributed by atoms with Crippen molar-refractivity contribution in [3.05, 3.63) is 35.9 Å². The molecule has 1 saturated heterocycles. The lowest BCUT2D eigenvalue weighted by molar-refractivity contribution is 0.000321. The highest BCUT2D eigenvalue weighted by atomic mass is 16.6. The van der Waals surface area contributed by atoms with Crippen LogP contribution in [0.4, 0.5) is 4.79 Å². The van der Waals surface area contributed by atoms with E-state index in [0.717, 1.165) is 25.9 Å². The van der Waals surface area contributed by atoms with Crippen molar-refractivity contribution in [2.45, 2.75) is 76.5 Å². The Morgan fingerprint density at radius 3 is 2.40 bits per heavy atom. The van der Waals surface area contributed by atoms with E-state index in [4.69, 9.17) is 4.74 Å². The predicted molar refractivity (Wildman–Crippen MR) is 101 cm³/mol. The minimum atomic E-state index is -0.460. The first-order valence-corrected chi connectivity index (χ1v) is 9.73. The Balaban J connectivity index is 1.85. The van der Waals surface area contributed by atoms with Crippen LogP contribution in [0.5, 0.6) is 0 Å². The number of nitrogens with one attached hydrogen (secondary N) is 1. The predicted octanol–water partition coefficient (Wildman–Crippen LogP) is 4.31. The number of rotatable bonds is 3. The van der Waals surface area contributed by atoms with Crippen molar-refractivity contribution in [2.24, 2.45) is 0 Å². The molecule has 1 heterocycles. The van der Waals surface area contributed by atoms with Gasteiger partial charge in [0.1, 0.15) is 5.60 Å². The molecule has 1 aromatic carbocycles. The molecule has 1 aromatic rings. The third-order valence-corrected chi connectivity index (χ3v) is 5.34. The van der Waals surface area contributed by atoms with Crippen LogP contribution in [0, 0.1) is 0 Å². The Labute approximate surface area is 151 Å². The van der Waals surface area contributed by atoms with E-state index in [0.29, 0.717) is 12.0 Å². The van der Waals surface area contributed by atoms with E-state index in [1.165, 1.54) is 24.8 Å². The third kappa shape index (κ3) is 4.55. The van der Waals surface area contributed by atoms with E-state index >= 15 is 0 Å². The zero-order valence-electron chi connectivity index (χ0n) is 15.8. The van der Waals surface area contributed by atoms with E-state index in [1.807, 2.05) is 26.8 Å². The van der Waals surface area contributed by atoms with Crippen LogP contribution in [-0.2, 0) is 4.74 Å². The summed E-state index contributed by atoms with van der Waals surface area (Å²) in [6, 6.07) is 11.1. The summed E-state index contributed by atoms with van der Waals surface area (Å²) in [5, 5.41) is 3.51. The number of benzene rings is 1. The molecule has 2 fully saturated rings. The molecule has 4 nitrogen and oxygen atoms in total. The van der Waals surface area contributed by atoms with E-state index in [-0.39, 0.29) is 12.1 Å². The minimum absolute atomic E-state index is 0.144. The van der Waals surface area contributed by atoms with E-state index in [2.05, 4.69) is 34.5 Å². The number of carbonyl (C=O) groups is 1. The van der Waals surface area contributed by atoms with Gasteiger partial charge in [0.25, 0.3) is 0 Å². The van der Waals surface area contributed by atoms with Crippen LogP contribution in [-0.4, -0.2) is 41.8 Å². The van der Waals surface area contributed by atoms with Gasteiger partial charge in [-0.05, 0) is 39.2 Å². The molecule has 0 radical (unpaired) electrons. The van der Waals surface area contributed by atoms with Crippen molar-refractivity contribution in [3.63, 3.8) is 0 Å². The SMILES string of the molecule is CC(C)(C)OC(=O)N(C1CCCCC1)[C@@H]1CNC[C@H]1c1ccccc1. The van der Waals surface area contributed by atoms with Crippen molar-refractivity contribution < 1.29 is 9.53 Å². The largest absolute Gasteiger partial charge is 0.444 e. The average molecular weight is 344 g/mol. The zero-order chi connectivity index (χ0) is 17.9. The number of ether oxygens (including phenoxy) is 1. The minimum Gasteiger partial charge on any atom is -0.444 e. The van der Waals surface area contributed by atoms with Crippen LogP contribution in [0.2, 0.25) is 0 Å². The smallest absolute Gasteiger partial charge is 0.410 e. The van der Waals surface area contributed by atoms with Gasteiger partial charge in [0.2, 0.25) is 0 Å². The van der Waals surface area contributed by atoms with Gasteiger partial charge in [-0.15, -0.1) is 0 Å². The number of hydrogen-bond donors (Lipinski definition) is 1. The van der Waals surface area contributed by atoms with Gasteiger partial charge in [-0.25, -0.2) is 4.79 Å². The lowest BCUT2D eigenvalue weighted by atomic mass is 9.89. The summed E-state index contributed by atoms with van der Waals surface area (Å²) in [5.41, 5.74) is 0.847. The molecule has 25 heavy (non-hydrogen) atoms. The van der Waals surface area contributed by atoms with E-state index in [9.17, 15) is 4.79 Å². The molecule has 1 aliphatic heterocycles. The quantitative estimate of drug-likeness (QED) is 0.888. The van der Waals surface area contributed by atoms with Gasteiger partial charge in [0.15, 0.2) is 0 Å². The van der Waals surface area contributed by atoms with Gasteiger partial charge < -0.3 is 15.0 Å². The second-order valence-electron chi connectivity index (χ2n) is 8.42. The van der Waals surface area contributed by atoms with Crippen LogP contribution in [0.15, 0.2) is 30.3 Å². The van der Waals surface area contributed by atoms with Gasteiger partial charge in [0.05, 0.1) is 6.04 Å². The third-order valence-electron chi connectivity index (χ3n) is 5.34. The first kappa shape index (κ1) is 18.2. The lowest BCUT2D eigenvalue weighted by Crippen LogP contribution is -2.52. The van der Waals surface area contributed by atoms with Gasteiger partial charge in [-0.1, -0.05) is 49.6 Å². The molecule has 1 aliphatic carbocycles. The summed E-state index contributed by atoms with van der Waals surface area (Å²) < 4.78 is 5.81. The fourth-order valence-corrected chi connectivity index (χ4v) is 4.23. The molecule has 2 atom stereocenters. The second-order valence-corrected chi connectivity index (χ2v) is 8.42. The van der Waals surface area contributed by atoms with Gasteiger partial charge >= 0.3 is 6.09 Å². The van der Waals surface area contributed by atoms with Crippen molar-refractivity contribution >= 4 is 6.09 Å². The standard InChI is InChI=1S/C21H32N2O2/c1-21(2,3)25-20(24)23(17-12-8-5-9-13-17)19-15-22-14-18(19)16-10-6-4-7-11-16/h4,6-7,10-11,17-19,22H,5,8-9,12-15H2,1-3H3/t18-,19+/m0/s1. The maximum absolute atomic E-state index is 13.1. The summed E-state index contributed by atoms with van der Waals surface area (Å²) >= 11 is 0. The summed E-state index contributed by atoms with van der Waals surface area (Å²) in [6.07, 6.45) is 5.74. The summed E-state index contributed by atoms with van der Waals surface area (Å²) in [4.78, 5) is 15.2. The summed E-state index contributed by atoms with van der Waals surface area (Å²) in [5.74, 6) is 0.329. The summed E-state index contributed by atoms with van der Waals surface area (Å²) in [6.45, 7) is 7.61. The van der Waals surface area contributed by atoms with Gasteiger partial charge in [-0.2, -0.15) is 0 Å². The highest BCUT2D eigenvalue weighted by Gasteiger charge is 2.41. The van der Waals surface area contributed by atoms with Crippen molar-refractivity contribution in [2.75, 3.05) is 13.1 Å². The topological polar surface area (TPSA) is 41.6 Å². The van der Waals surface area contributed by atoms with Crippen LogP contribution < -0.4 is 5.32 Å². The maximum atomic E-state index is 13.1. The molecular weight excluding hydrogens is 312 g/mol. The van der Waals surface area contributed by atoms with Crippen LogP contribution >= 0.6 is 0 Å². The Morgan fingerprint density at radius 2 is 1.76 bits per heavy atom. The number of nitrogens with zero attached hydrogens (tertiary/aromatic N) is 1. The number of amides is 1. The average Bonchev–Trinajstić information content (AvgIpc) is 3.04. The fraction of sp³-hybridized carbons (Fsp3) is 0.667. The van der Waals surface area contributed by atoms with Crippen molar-refractivity contribution in [3.8, 4) is 0 Å². The maximum Gasteiger partial charge on any atom is 0.410 e. The normalized spacial score (nSPS) is 24.9. The van der Waals surface area contributed by atoms with Crippen LogP contribution in [0.25, 0.3) is 0 Å². The zero-order valence-corrected chi connectivity index (χ0v) is 15.8. The first-order valence-electron chi connectivity index (χ1n) is 9.73. The Kier molecular flexibility index (Phi) is 5.67. The van der Waals surface area contributed by atoms with E-state index < -0.39 is 5.60 Å². The number of hydrogen-bond acceptors (Lipinski definition) is 3. The monoisotopic (exact) mass is 344 g/mol. The molecule has 0 spiro atoms. The molecular formula is C21H32N2O2. The fourth-order valence-electron chi connectivity index (χ4n) is 4.23.